The van der Waals surface area contributed by atoms with Crippen molar-refractivity contribution in [3.63, 3.8) is 0 Å². The number of aryl methyl sites for hydroxylation is 2. The van der Waals surface area contributed by atoms with Gasteiger partial charge in [0.2, 0.25) is 5.82 Å². The molecule has 0 aliphatic heterocycles. The van der Waals surface area contributed by atoms with E-state index in [2.05, 4.69) is 20.1 Å². The Bertz CT molecular complexity index is 761. The van der Waals surface area contributed by atoms with Crippen LogP contribution in [0, 0.1) is 13.8 Å². The summed E-state index contributed by atoms with van der Waals surface area (Å²) in [6.07, 6.45) is 1.68. The van der Waals surface area contributed by atoms with Crippen molar-refractivity contribution in [1.82, 2.24) is 20.1 Å². The first-order valence-corrected chi connectivity index (χ1v) is 6.60. The zero-order valence-electron chi connectivity index (χ0n) is 11.9. The van der Waals surface area contributed by atoms with Gasteiger partial charge in [-0.3, -0.25) is 9.97 Å². The van der Waals surface area contributed by atoms with Crippen molar-refractivity contribution in [3.8, 4) is 22.8 Å². The molecule has 0 atom stereocenters. The number of nitrogens with two attached hydrogens (primary N) is 1. The highest BCUT2D eigenvalue weighted by molar-refractivity contribution is 5.60. The van der Waals surface area contributed by atoms with Crippen molar-refractivity contribution in [2.24, 2.45) is 5.73 Å². The molecule has 3 rings (SSSR count). The van der Waals surface area contributed by atoms with Crippen LogP contribution in [-0.2, 0) is 6.54 Å². The molecule has 0 unspecified atom stereocenters. The minimum Gasteiger partial charge on any atom is -0.334 e. The van der Waals surface area contributed by atoms with Gasteiger partial charge < -0.3 is 10.3 Å². The Morgan fingerprint density at radius 3 is 2.52 bits per heavy atom. The molecule has 0 fully saturated rings. The molecule has 6 nitrogen and oxygen atoms in total. The second-order valence-electron chi connectivity index (χ2n) is 4.80. The summed E-state index contributed by atoms with van der Waals surface area (Å²) < 4.78 is 5.33. The fourth-order valence-electron chi connectivity index (χ4n) is 2.14. The lowest BCUT2D eigenvalue weighted by Gasteiger charge is -1.99. The smallest absolute Gasteiger partial charge is 0.258 e. The maximum Gasteiger partial charge on any atom is 0.258 e. The number of rotatable bonds is 3. The Morgan fingerprint density at radius 1 is 1.05 bits per heavy atom. The summed E-state index contributed by atoms with van der Waals surface area (Å²) in [4.78, 5) is 12.9. The van der Waals surface area contributed by atoms with Gasteiger partial charge in [-0.25, -0.2) is 0 Å². The number of aromatic nitrogens is 4. The molecule has 0 amide bonds. The molecule has 0 aliphatic carbocycles. The molecule has 0 saturated carbocycles. The van der Waals surface area contributed by atoms with Crippen LogP contribution in [0.25, 0.3) is 22.8 Å². The van der Waals surface area contributed by atoms with E-state index in [1.807, 2.05) is 38.1 Å². The summed E-state index contributed by atoms with van der Waals surface area (Å²) in [6, 6.07) is 7.53. The lowest BCUT2D eigenvalue weighted by molar-refractivity contribution is 0.432. The minimum absolute atomic E-state index is 0.373. The Morgan fingerprint density at radius 2 is 1.81 bits per heavy atom. The molecule has 3 aromatic rings. The topological polar surface area (TPSA) is 90.7 Å². The Hall–Kier alpha value is -2.60. The molecule has 0 aromatic carbocycles. The van der Waals surface area contributed by atoms with E-state index in [-0.39, 0.29) is 0 Å². The lowest BCUT2D eigenvalue weighted by Crippen LogP contribution is -1.98. The number of hydrogen-bond acceptors (Lipinski definition) is 6. The van der Waals surface area contributed by atoms with E-state index in [0.717, 1.165) is 28.2 Å². The number of nitrogens with zero attached hydrogens (tertiary/aromatic N) is 4. The SMILES string of the molecule is Cc1cc(-c2noc(-c3ccnc(CN)c3)n2)cc(C)n1. The molecule has 3 heterocycles. The first-order valence-electron chi connectivity index (χ1n) is 6.60. The van der Waals surface area contributed by atoms with Crippen LogP contribution in [0.5, 0.6) is 0 Å². The summed E-state index contributed by atoms with van der Waals surface area (Å²) in [6.45, 7) is 4.25. The van der Waals surface area contributed by atoms with E-state index >= 15 is 0 Å². The third-order valence-electron chi connectivity index (χ3n) is 3.04. The van der Waals surface area contributed by atoms with Gasteiger partial charge in [0.05, 0.1) is 5.69 Å². The summed E-state index contributed by atoms with van der Waals surface area (Å²) in [5, 5.41) is 4.03. The van der Waals surface area contributed by atoms with Crippen LogP contribution in [0.15, 0.2) is 35.0 Å². The van der Waals surface area contributed by atoms with Crippen molar-refractivity contribution in [1.29, 1.82) is 0 Å². The van der Waals surface area contributed by atoms with Crippen molar-refractivity contribution in [2.45, 2.75) is 20.4 Å². The second kappa shape index (κ2) is 5.41. The standard InChI is InChI=1S/C15H15N5O/c1-9-5-12(6-10(2)18-9)14-19-15(21-20-14)11-3-4-17-13(7-11)8-16/h3-7H,8,16H2,1-2H3. The highest BCUT2D eigenvalue weighted by Crippen LogP contribution is 2.23. The highest BCUT2D eigenvalue weighted by atomic mass is 16.5. The van der Waals surface area contributed by atoms with Crippen molar-refractivity contribution < 1.29 is 4.52 Å². The van der Waals surface area contributed by atoms with Gasteiger partial charge >= 0.3 is 0 Å². The lowest BCUT2D eigenvalue weighted by atomic mass is 10.2. The van der Waals surface area contributed by atoms with Gasteiger partial charge in [0.15, 0.2) is 0 Å². The van der Waals surface area contributed by atoms with Crippen molar-refractivity contribution in [2.75, 3.05) is 0 Å². The first kappa shape index (κ1) is 13.4. The van der Waals surface area contributed by atoms with Gasteiger partial charge in [0, 0.05) is 35.3 Å². The molecule has 0 spiro atoms. The molecule has 0 aliphatic rings. The summed E-state index contributed by atoms with van der Waals surface area (Å²) in [7, 11) is 0. The Labute approximate surface area is 122 Å². The van der Waals surface area contributed by atoms with Gasteiger partial charge in [-0.15, -0.1) is 0 Å². The van der Waals surface area contributed by atoms with Crippen LogP contribution in [0.2, 0.25) is 0 Å². The van der Waals surface area contributed by atoms with E-state index < -0.39 is 0 Å². The fraction of sp³-hybridized carbons (Fsp3) is 0.200. The molecule has 106 valence electrons. The normalized spacial score (nSPS) is 10.8. The fourth-order valence-corrected chi connectivity index (χ4v) is 2.14. The quantitative estimate of drug-likeness (QED) is 0.792. The molecule has 0 saturated heterocycles. The zero-order chi connectivity index (χ0) is 14.8. The highest BCUT2D eigenvalue weighted by Gasteiger charge is 2.12. The van der Waals surface area contributed by atoms with E-state index in [9.17, 15) is 0 Å². The number of pyridine rings is 2. The average Bonchev–Trinajstić information content (AvgIpc) is 2.96. The van der Waals surface area contributed by atoms with Gasteiger partial charge in [-0.1, -0.05) is 5.16 Å². The van der Waals surface area contributed by atoms with E-state index in [4.69, 9.17) is 10.3 Å². The monoisotopic (exact) mass is 281 g/mol. The molecule has 2 N–H and O–H groups in total. The van der Waals surface area contributed by atoms with Crippen LogP contribution in [0.4, 0.5) is 0 Å². The van der Waals surface area contributed by atoms with Crippen LogP contribution in [0.3, 0.4) is 0 Å². The molecule has 3 aromatic heterocycles. The molecular weight excluding hydrogens is 266 g/mol. The predicted octanol–water partition coefficient (Wildman–Crippen LogP) is 2.27. The maximum absolute atomic E-state index is 5.59. The third kappa shape index (κ3) is 2.80. The Kier molecular flexibility index (Phi) is 3.45. The summed E-state index contributed by atoms with van der Waals surface area (Å²) in [5.74, 6) is 0.999. The predicted molar refractivity (Wildman–Crippen MR) is 78.1 cm³/mol. The van der Waals surface area contributed by atoms with Crippen LogP contribution in [-0.4, -0.2) is 20.1 Å². The molecule has 6 heteroatoms. The van der Waals surface area contributed by atoms with Gasteiger partial charge in [-0.2, -0.15) is 4.98 Å². The molecular formula is C15H15N5O. The minimum atomic E-state index is 0.373. The van der Waals surface area contributed by atoms with E-state index in [1.54, 1.807) is 6.20 Å². The third-order valence-corrected chi connectivity index (χ3v) is 3.04. The van der Waals surface area contributed by atoms with Gasteiger partial charge in [-0.05, 0) is 38.1 Å². The van der Waals surface area contributed by atoms with Crippen molar-refractivity contribution >= 4 is 0 Å². The molecule has 0 bridgehead atoms. The summed E-state index contributed by atoms with van der Waals surface area (Å²) in [5.41, 5.74) is 9.92. The second-order valence-corrected chi connectivity index (χ2v) is 4.80. The van der Waals surface area contributed by atoms with Crippen molar-refractivity contribution in [3.05, 3.63) is 47.5 Å². The Balaban J connectivity index is 1.99. The summed E-state index contributed by atoms with van der Waals surface area (Å²) >= 11 is 0. The van der Waals surface area contributed by atoms with E-state index in [1.165, 1.54) is 0 Å². The first-order chi connectivity index (χ1) is 10.2. The molecule has 0 radical (unpaired) electrons. The van der Waals surface area contributed by atoms with Gasteiger partial charge in [0.1, 0.15) is 0 Å². The zero-order valence-corrected chi connectivity index (χ0v) is 11.9. The van der Waals surface area contributed by atoms with Crippen LogP contribution >= 0.6 is 0 Å². The maximum atomic E-state index is 5.59. The van der Waals surface area contributed by atoms with E-state index in [0.29, 0.717) is 18.3 Å². The molecule has 21 heavy (non-hydrogen) atoms. The average molecular weight is 281 g/mol. The number of hydrogen-bond donors (Lipinski definition) is 1. The van der Waals surface area contributed by atoms with Crippen LogP contribution < -0.4 is 5.73 Å². The largest absolute Gasteiger partial charge is 0.334 e. The van der Waals surface area contributed by atoms with Gasteiger partial charge in [0.25, 0.3) is 5.89 Å². The van der Waals surface area contributed by atoms with Crippen LogP contribution in [0.1, 0.15) is 17.1 Å².